The molecule has 148 valence electrons. The van der Waals surface area contributed by atoms with E-state index in [0.717, 1.165) is 36.6 Å². The van der Waals surface area contributed by atoms with E-state index < -0.39 is 0 Å². The van der Waals surface area contributed by atoms with E-state index in [2.05, 4.69) is 19.4 Å². The maximum atomic E-state index is 13.2. The van der Waals surface area contributed by atoms with E-state index in [-0.39, 0.29) is 18.0 Å². The van der Waals surface area contributed by atoms with Gasteiger partial charge in [-0.1, -0.05) is 12.1 Å². The van der Waals surface area contributed by atoms with Gasteiger partial charge in [0, 0.05) is 43.8 Å². The van der Waals surface area contributed by atoms with Crippen LogP contribution in [0.3, 0.4) is 0 Å². The Hall–Kier alpha value is -3.19. The smallest absolute Gasteiger partial charge is 0.271 e. The Labute approximate surface area is 169 Å². The second-order valence-corrected chi connectivity index (χ2v) is 7.56. The van der Waals surface area contributed by atoms with Gasteiger partial charge in [0.25, 0.3) is 5.91 Å². The van der Waals surface area contributed by atoms with Crippen molar-refractivity contribution in [2.24, 2.45) is 0 Å². The summed E-state index contributed by atoms with van der Waals surface area (Å²) in [6.07, 6.45) is 5.54. The van der Waals surface area contributed by atoms with Gasteiger partial charge in [-0.3, -0.25) is 14.7 Å². The number of hydrogen-bond donors (Lipinski definition) is 0. The molecule has 0 N–H and O–H groups in total. The van der Waals surface area contributed by atoms with Crippen molar-refractivity contribution >= 4 is 5.91 Å². The number of rotatable bonds is 5. The molecule has 0 aromatic carbocycles. The third kappa shape index (κ3) is 3.17. The Morgan fingerprint density at radius 3 is 2.69 bits per heavy atom. The number of fused-ring (bicyclic) bond motifs is 3. The van der Waals surface area contributed by atoms with E-state index >= 15 is 0 Å². The standard InChI is InChI=1S/C22H23N5O2/c1-29-21-16(6-4-10-24-21)12-25-14-19-20(15-25)27(13-17-7-2-3-9-23-17)22(28)18-8-5-11-26(18)19/h2-11,19-20H,12-15H2,1H3. The number of ether oxygens (including phenoxy) is 1. The Kier molecular flexibility index (Phi) is 4.52. The number of methoxy groups -OCH3 is 1. The van der Waals surface area contributed by atoms with Crippen LogP contribution in [-0.4, -0.2) is 56.5 Å². The second-order valence-electron chi connectivity index (χ2n) is 7.56. The highest BCUT2D eigenvalue weighted by Gasteiger charge is 2.45. The van der Waals surface area contributed by atoms with E-state index in [1.54, 1.807) is 19.5 Å². The zero-order valence-corrected chi connectivity index (χ0v) is 16.3. The number of aromatic nitrogens is 3. The van der Waals surface area contributed by atoms with E-state index in [0.29, 0.717) is 12.4 Å². The van der Waals surface area contributed by atoms with Crippen molar-refractivity contribution in [3.05, 3.63) is 78.0 Å². The van der Waals surface area contributed by atoms with Gasteiger partial charge in [0.2, 0.25) is 5.88 Å². The molecule has 1 amide bonds. The van der Waals surface area contributed by atoms with E-state index in [9.17, 15) is 4.79 Å². The molecule has 7 heteroatoms. The van der Waals surface area contributed by atoms with Gasteiger partial charge in [-0.05, 0) is 30.3 Å². The zero-order valence-electron chi connectivity index (χ0n) is 16.3. The molecule has 0 spiro atoms. The lowest BCUT2D eigenvalue weighted by atomic mass is 10.1. The topological polar surface area (TPSA) is 63.5 Å². The number of carbonyl (C=O) groups excluding carboxylic acids is 1. The number of nitrogens with zero attached hydrogens (tertiary/aromatic N) is 5. The first-order chi connectivity index (χ1) is 14.2. The normalized spacial score (nSPS) is 21.1. The average molecular weight is 389 g/mol. The molecule has 0 aliphatic carbocycles. The molecule has 3 aromatic heterocycles. The molecule has 2 aliphatic heterocycles. The molecule has 2 unspecified atom stereocenters. The zero-order chi connectivity index (χ0) is 19.8. The number of likely N-dealkylation sites (tertiary alicyclic amines) is 1. The minimum Gasteiger partial charge on any atom is -0.481 e. The van der Waals surface area contributed by atoms with Crippen LogP contribution in [0.4, 0.5) is 0 Å². The second kappa shape index (κ2) is 7.33. The van der Waals surface area contributed by atoms with Gasteiger partial charge >= 0.3 is 0 Å². The molecule has 5 heterocycles. The highest BCUT2D eigenvalue weighted by Crippen LogP contribution is 2.35. The summed E-state index contributed by atoms with van der Waals surface area (Å²) < 4.78 is 7.56. The van der Waals surface area contributed by atoms with Crippen molar-refractivity contribution in [1.29, 1.82) is 0 Å². The van der Waals surface area contributed by atoms with Crippen molar-refractivity contribution in [1.82, 2.24) is 24.3 Å². The molecular formula is C22H23N5O2. The summed E-state index contributed by atoms with van der Waals surface area (Å²) in [5.41, 5.74) is 2.72. The SMILES string of the molecule is COc1ncccc1CN1CC2C(C1)n1cccc1C(=O)N2Cc1ccccn1. The average Bonchev–Trinajstić information content (AvgIpc) is 3.39. The molecule has 1 saturated heterocycles. The highest BCUT2D eigenvalue weighted by atomic mass is 16.5. The summed E-state index contributed by atoms with van der Waals surface area (Å²) in [5, 5.41) is 0. The molecule has 0 radical (unpaired) electrons. The molecule has 1 fully saturated rings. The Morgan fingerprint density at radius 2 is 1.86 bits per heavy atom. The lowest BCUT2D eigenvalue weighted by Gasteiger charge is -2.38. The lowest BCUT2D eigenvalue weighted by Crippen LogP contribution is -2.49. The predicted molar refractivity (Wildman–Crippen MR) is 107 cm³/mol. The van der Waals surface area contributed by atoms with Crippen molar-refractivity contribution in [2.45, 2.75) is 25.2 Å². The van der Waals surface area contributed by atoms with Gasteiger partial charge in [-0.25, -0.2) is 4.98 Å². The number of pyridine rings is 2. The first-order valence-electron chi connectivity index (χ1n) is 9.82. The first kappa shape index (κ1) is 17.9. The summed E-state index contributed by atoms with van der Waals surface area (Å²) in [6.45, 7) is 2.94. The van der Waals surface area contributed by atoms with Crippen molar-refractivity contribution < 1.29 is 9.53 Å². The fraction of sp³-hybridized carbons (Fsp3) is 0.318. The van der Waals surface area contributed by atoms with Crippen LogP contribution < -0.4 is 4.74 Å². The molecule has 3 aromatic rings. The minimum atomic E-state index is 0.0720. The van der Waals surface area contributed by atoms with Crippen LogP contribution in [0.2, 0.25) is 0 Å². The first-order valence-corrected chi connectivity index (χ1v) is 9.82. The summed E-state index contributed by atoms with van der Waals surface area (Å²) in [4.78, 5) is 26.3. The Balaban J connectivity index is 1.43. The van der Waals surface area contributed by atoms with Gasteiger partial charge in [-0.2, -0.15) is 0 Å². The lowest BCUT2D eigenvalue weighted by molar-refractivity contribution is 0.0553. The van der Waals surface area contributed by atoms with Crippen LogP contribution in [-0.2, 0) is 13.1 Å². The minimum absolute atomic E-state index is 0.0720. The summed E-state index contributed by atoms with van der Waals surface area (Å²) in [6, 6.07) is 14.0. The van der Waals surface area contributed by atoms with Gasteiger partial charge in [0.05, 0.1) is 31.4 Å². The quantitative estimate of drug-likeness (QED) is 0.670. The summed E-state index contributed by atoms with van der Waals surface area (Å²) >= 11 is 0. The monoisotopic (exact) mass is 389 g/mol. The maximum Gasteiger partial charge on any atom is 0.271 e. The van der Waals surface area contributed by atoms with Gasteiger partial charge in [-0.15, -0.1) is 0 Å². The molecular weight excluding hydrogens is 366 g/mol. The largest absolute Gasteiger partial charge is 0.481 e. The molecule has 0 bridgehead atoms. The summed E-state index contributed by atoms with van der Waals surface area (Å²) in [5.74, 6) is 0.730. The fourth-order valence-corrected chi connectivity index (χ4v) is 4.54. The van der Waals surface area contributed by atoms with E-state index in [1.807, 2.05) is 53.6 Å². The third-order valence-electron chi connectivity index (χ3n) is 5.85. The molecule has 0 saturated carbocycles. The van der Waals surface area contributed by atoms with Crippen LogP contribution in [0.5, 0.6) is 5.88 Å². The molecule has 5 rings (SSSR count). The van der Waals surface area contributed by atoms with Gasteiger partial charge in [0.1, 0.15) is 5.69 Å². The highest BCUT2D eigenvalue weighted by molar-refractivity contribution is 5.94. The van der Waals surface area contributed by atoms with Gasteiger partial charge in [0.15, 0.2) is 0 Å². The van der Waals surface area contributed by atoms with Crippen molar-refractivity contribution in [3.63, 3.8) is 0 Å². The van der Waals surface area contributed by atoms with E-state index in [4.69, 9.17) is 4.74 Å². The van der Waals surface area contributed by atoms with Crippen molar-refractivity contribution in [3.8, 4) is 5.88 Å². The molecule has 29 heavy (non-hydrogen) atoms. The van der Waals surface area contributed by atoms with Gasteiger partial charge < -0.3 is 14.2 Å². The molecule has 7 nitrogen and oxygen atoms in total. The number of amides is 1. The van der Waals surface area contributed by atoms with E-state index in [1.165, 1.54) is 0 Å². The maximum absolute atomic E-state index is 13.2. The number of hydrogen-bond acceptors (Lipinski definition) is 5. The predicted octanol–water partition coefficient (Wildman–Crippen LogP) is 2.37. The van der Waals surface area contributed by atoms with Crippen LogP contribution in [0.15, 0.2) is 61.1 Å². The third-order valence-corrected chi connectivity index (χ3v) is 5.85. The Morgan fingerprint density at radius 1 is 1.00 bits per heavy atom. The van der Waals surface area contributed by atoms with Crippen LogP contribution in [0, 0.1) is 0 Å². The van der Waals surface area contributed by atoms with Crippen LogP contribution in [0.1, 0.15) is 27.8 Å². The van der Waals surface area contributed by atoms with Crippen LogP contribution >= 0.6 is 0 Å². The number of carbonyl (C=O) groups is 1. The molecule has 2 aliphatic rings. The molecule has 2 atom stereocenters. The van der Waals surface area contributed by atoms with Crippen molar-refractivity contribution in [2.75, 3.05) is 20.2 Å². The Bertz CT molecular complexity index is 1020. The van der Waals surface area contributed by atoms with Crippen LogP contribution in [0.25, 0.3) is 0 Å². The fourth-order valence-electron chi connectivity index (χ4n) is 4.54. The summed E-state index contributed by atoms with van der Waals surface area (Å²) in [7, 11) is 1.65.